The van der Waals surface area contributed by atoms with E-state index in [0.717, 1.165) is 11.8 Å². The highest BCUT2D eigenvalue weighted by Crippen LogP contribution is 2.47. The molecule has 2 rings (SSSR count). The van der Waals surface area contributed by atoms with Crippen molar-refractivity contribution in [2.45, 2.75) is 30.9 Å². The van der Waals surface area contributed by atoms with Gasteiger partial charge in [-0.25, -0.2) is 22.0 Å². The van der Waals surface area contributed by atoms with Crippen molar-refractivity contribution >= 4 is 31.8 Å². The number of ether oxygens (including phenoxy) is 1. The summed E-state index contributed by atoms with van der Waals surface area (Å²) >= 11 is 0.837. The second kappa shape index (κ2) is 7.38. The van der Waals surface area contributed by atoms with E-state index in [4.69, 9.17) is 9.88 Å². The van der Waals surface area contributed by atoms with Gasteiger partial charge in [-0.05, 0) is 25.5 Å². The van der Waals surface area contributed by atoms with Crippen molar-refractivity contribution in [1.29, 1.82) is 0 Å². The molecule has 0 bridgehead atoms. The van der Waals surface area contributed by atoms with Crippen LogP contribution in [0.25, 0.3) is 0 Å². The molecule has 2 aliphatic rings. The van der Waals surface area contributed by atoms with Gasteiger partial charge in [-0.3, -0.25) is 0 Å². The summed E-state index contributed by atoms with van der Waals surface area (Å²) in [6, 6.07) is -0.195. The van der Waals surface area contributed by atoms with Crippen LogP contribution in [-0.4, -0.2) is 64.6 Å². The number of nitrogens with zero attached hydrogens (tertiary/aromatic N) is 1. The van der Waals surface area contributed by atoms with Crippen molar-refractivity contribution < 1.29 is 21.6 Å². The summed E-state index contributed by atoms with van der Waals surface area (Å²) in [6.07, 6.45) is 0.148. The van der Waals surface area contributed by atoms with Crippen LogP contribution in [0, 0.1) is 0 Å². The van der Waals surface area contributed by atoms with Gasteiger partial charge in [-0.1, -0.05) is 18.7 Å². The molecule has 1 unspecified atom stereocenters. The summed E-state index contributed by atoms with van der Waals surface area (Å²) in [5, 5.41) is 8.44. The topological polar surface area (TPSA) is 119 Å². The highest BCUT2D eigenvalue weighted by Gasteiger charge is 2.46. The van der Waals surface area contributed by atoms with Gasteiger partial charge in [0.25, 0.3) is 0 Å². The van der Waals surface area contributed by atoms with Crippen molar-refractivity contribution in [3.05, 3.63) is 9.81 Å². The fourth-order valence-corrected chi connectivity index (χ4v) is 7.58. The molecule has 2 aliphatic heterocycles. The molecule has 11 heteroatoms. The minimum Gasteiger partial charge on any atom is -0.380 e. The molecule has 0 aromatic heterocycles. The van der Waals surface area contributed by atoms with Gasteiger partial charge < -0.3 is 10.1 Å². The maximum atomic E-state index is 12.7. The quantitative estimate of drug-likeness (QED) is 0.573. The fraction of sp³-hybridized carbons (Fsp3) is 0.833. The minimum atomic E-state index is -3.80. The van der Waals surface area contributed by atoms with Crippen LogP contribution in [0.5, 0.6) is 0 Å². The maximum Gasteiger partial charge on any atom is 0.249 e. The van der Waals surface area contributed by atoms with Crippen LogP contribution in [0.1, 0.15) is 20.3 Å². The normalized spacial score (nSPS) is 28.1. The van der Waals surface area contributed by atoms with Crippen LogP contribution < -0.4 is 10.5 Å². The molecule has 3 N–H and O–H groups in total. The number of rotatable bonds is 7. The molecule has 2 heterocycles. The van der Waals surface area contributed by atoms with E-state index in [1.165, 1.54) is 4.31 Å². The third kappa shape index (κ3) is 4.09. The van der Waals surface area contributed by atoms with Crippen molar-refractivity contribution in [3.63, 3.8) is 0 Å². The third-order valence-electron chi connectivity index (χ3n) is 3.77. The van der Waals surface area contributed by atoms with Gasteiger partial charge >= 0.3 is 0 Å². The van der Waals surface area contributed by atoms with Crippen molar-refractivity contribution in [3.8, 4) is 0 Å². The van der Waals surface area contributed by atoms with Crippen molar-refractivity contribution in [1.82, 2.24) is 9.62 Å². The second-order valence-electron chi connectivity index (χ2n) is 5.32. The largest absolute Gasteiger partial charge is 0.380 e. The van der Waals surface area contributed by atoms with E-state index in [0.29, 0.717) is 25.3 Å². The van der Waals surface area contributed by atoms with Crippen LogP contribution in [0.3, 0.4) is 0 Å². The Labute approximate surface area is 141 Å². The molecule has 0 fully saturated rings. The summed E-state index contributed by atoms with van der Waals surface area (Å²) in [7, 11) is -7.49. The SMILES string of the molecule is CCN[C@H]1CN(CCOCC)S(=O)(=O)C2=C1CC(S(N)(=O)=O)S2. The molecule has 0 saturated carbocycles. The molecule has 0 aromatic rings. The third-order valence-corrected chi connectivity index (χ3v) is 9.34. The maximum absolute atomic E-state index is 12.7. The number of hydrogen-bond acceptors (Lipinski definition) is 7. The lowest BCUT2D eigenvalue weighted by atomic mass is 10.1. The Kier molecular flexibility index (Phi) is 6.15. The molecule has 8 nitrogen and oxygen atoms in total. The Morgan fingerprint density at radius 1 is 1.43 bits per heavy atom. The van der Waals surface area contributed by atoms with Gasteiger partial charge in [-0.2, -0.15) is 4.31 Å². The Bertz CT molecular complexity index is 674. The lowest BCUT2D eigenvalue weighted by molar-refractivity contribution is 0.133. The molecular formula is C12H23N3O5S3. The van der Waals surface area contributed by atoms with Crippen LogP contribution in [0.15, 0.2) is 9.81 Å². The Morgan fingerprint density at radius 3 is 2.70 bits per heavy atom. The molecule has 0 aliphatic carbocycles. The van der Waals surface area contributed by atoms with Crippen LogP contribution in [0.4, 0.5) is 0 Å². The van der Waals surface area contributed by atoms with E-state index in [2.05, 4.69) is 5.32 Å². The molecular weight excluding hydrogens is 362 g/mol. The van der Waals surface area contributed by atoms with Gasteiger partial charge in [0, 0.05) is 25.7 Å². The van der Waals surface area contributed by atoms with Crippen LogP contribution >= 0.6 is 11.8 Å². The summed E-state index contributed by atoms with van der Waals surface area (Å²) in [5.41, 5.74) is 0.628. The van der Waals surface area contributed by atoms with Crippen LogP contribution in [0.2, 0.25) is 0 Å². The molecule has 23 heavy (non-hydrogen) atoms. The first kappa shape index (κ1) is 19.2. The Balaban J connectivity index is 2.30. The number of nitrogens with one attached hydrogen (secondary N) is 1. The first-order valence-corrected chi connectivity index (χ1v) is 11.4. The molecule has 0 amide bonds. The lowest BCUT2D eigenvalue weighted by Crippen LogP contribution is -2.49. The van der Waals surface area contributed by atoms with Gasteiger partial charge in [0.2, 0.25) is 20.0 Å². The lowest BCUT2D eigenvalue weighted by Gasteiger charge is -2.33. The van der Waals surface area contributed by atoms with Crippen LogP contribution in [-0.2, 0) is 24.8 Å². The van der Waals surface area contributed by atoms with Gasteiger partial charge in [-0.15, -0.1) is 0 Å². The molecule has 2 atom stereocenters. The average Bonchev–Trinajstić information content (AvgIpc) is 2.90. The van der Waals surface area contributed by atoms with E-state index in [1.807, 2.05) is 13.8 Å². The zero-order valence-corrected chi connectivity index (χ0v) is 15.6. The number of nitrogens with two attached hydrogens (primary N) is 1. The number of primary sulfonamides is 1. The number of likely N-dealkylation sites (N-methyl/N-ethyl adjacent to an activating group) is 1. The first-order chi connectivity index (χ1) is 10.7. The monoisotopic (exact) mass is 385 g/mol. The van der Waals surface area contributed by atoms with Gasteiger partial charge in [0.1, 0.15) is 8.82 Å². The van der Waals surface area contributed by atoms with Gasteiger partial charge in [0.15, 0.2) is 0 Å². The summed E-state index contributed by atoms with van der Waals surface area (Å²) < 4.78 is 54.5. The molecule has 0 radical (unpaired) electrons. The average molecular weight is 386 g/mol. The predicted octanol–water partition coefficient (Wildman–Crippen LogP) is -0.390. The molecule has 134 valence electrons. The summed E-state index contributed by atoms with van der Waals surface area (Å²) in [5.74, 6) is 0. The highest BCUT2D eigenvalue weighted by molar-refractivity contribution is 8.24. The zero-order valence-electron chi connectivity index (χ0n) is 13.2. The number of hydrogen-bond donors (Lipinski definition) is 2. The van der Waals surface area contributed by atoms with E-state index in [1.54, 1.807) is 0 Å². The summed E-state index contributed by atoms with van der Waals surface area (Å²) in [4.78, 5) is 0. The number of thioether (sulfide) groups is 1. The minimum absolute atomic E-state index is 0.130. The molecule has 0 spiro atoms. The Morgan fingerprint density at radius 2 is 2.13 bits per heavy atom. The predicted molar refractivity (Wildman–Crippen MR) is 90.6 cm³/mol. The van der Waals surface area contributed by atoms with E-state index >= 15 is 0 Å². The highest BCUT2D eigenvalue weighted by atomic mass is 32.3. The standard InChI is InChI=1S/C12H23N3O5S3/c1-3-14-10-8-15(5-6-20-4-2)23(18,19)12-9(10)7-11(21-12)22(13,16)17/h10-11,14H,3-8H2,1-2H3,(H2,13,16,17)/t10-,11?/m0/s1. The van der Waals surface area contributed by atoms with Crippen molar-refractivity contribution in [2.24, 2.45) is 5.14 Å². The fourth-order valence-electron chi connectivity index (χ4n) is 2.68. The molecule has 0 saturated heterocycles. The van der Waals surface area contributed by atoms with E-state index in [-0.39, 0.29) is 29.8 Å². The zero-order chi connectivity index (χ0) is 17.3. The number of sulfonamides is 2. The van der Waals surface area contributed by atoms with E-state index < -0.39 is 24.6 Å². The molecule has 0 aromatic carbocycles. The summed E-state index contributed by atoms with van der Waals surface area (Å²) in [6.45, 7) is 5.77. The van der Waals surface area contributed by atoms with Crippen molar-refractivity contribution in [2.75, 3.05) is 32.8 Å². The van der Waals surface area contributed by atoms with E-state index in [9.17, 15) is 16.8 Å². The first-order valence-electron chi connectivity index (χ1n) is 7.44. The second-order valence-corrected chi connectivity index (χ2v) is 10.7. The smallest absolute Gasteiger partial charge is 0.249 e. The Hall–Kier alpha value is -0.170. The van der Waals surface area contributed by atoms with Gasteiger partial charge in [0.05, 0.1) is 6.61 Å².